The van der Waals surface area contributed by atoms with E-state index < -0.39 is 10.0 Å². The van der Waals surface area contributed by atoms with E-state index in [-0.39, 0.29) is 10.8 Å². The van der Waals surface area contributed by atoms with Crippen LogP contribution in [0.15, 0.2) is 16.3 Å². The number of hydrogen-bond acceptors (Lipinski definition) is 4. The molecule has 0 radical (unpaired) electrons. The highest BCUT2D eigenvalue weighted by Crippen LogP contribution is 2.22. The van der Waals surface area contributed by atoms with Gasteiger partial charge in [-0.2, -0.15) is 4.31 Å². The second-order valence-electron chi connectivity index (χ2n) is 4.87. The Morgan fingerprint density at radius 2 is 2.10 bits per heavy atom. The van der Waals surface area contributed by atoms with E-state index in [9.17, 15) is 13.2 Å². The van der Waals surface area contributed by atoms with Crippen molar-refractivity contribution in [3.8, 4) is 0 Å². The van der Waals surface area contributed by atoms with Crippen molar-refractivity contribution in [1.29, 1.82) is 0 Å². The summed E-state index contributed by atoms with van der Waals surface area (Å²) in [5, 5.41) is 4.22. The van der Waals surface area contributed by atoms with Crippen molar-refractivity contribution in [2.75, 3.05) is 39.8 Å². The number of carbonyl (C=O) groups excluding carboxylic acids is 1. The fourth-order valence-electron chi connectivity index (χ4n) is 2.08. The Labute approximate surface area is 123 Å². The van der Waals surface area contributed by atoms with E-state index in [2.05, 4.69) is 12.4 Å². The van der Waals surface area contributed by atoms with Crippen LogP contribution in [0.5, 0.6) is 0 Å². The van der Waals surface area contributed by atoms with Gasteiger partial charge in [-0.3, -0.25) is 4.79 Å². The smallest absolute Gasteiger partial charge is 0.261 e. The summed E-state index contributed by atoms with van der Waals surface area (Å²) in [5.74, 6) is -0.221. The molecular weight excluding hydrogens is 298 g/mol. The molecule has 1 aliphatic heterocycles. The van der Waals surface area contributed by atoms with Gasteiger partial charge in [-0.25, -0.2) is 8.42 Å². The number of nitrogens with one attached hydrogen (secondary N) is 2. The zero-order valence-corrected chi connectivity index (χ0v) is 13.3. The molecule has 1 fully saturated rings. The third-order valence-corrected chi connectivity index (χ3v) is 6.30. The van der Waals surface area contributed by atoms with Crippen LogP contribution in [0.2, 0.25) is 0 Å². The van der Waals surface area contributed by atoms with Crippen molar-refractivity contribution in [1.82, 2.24) is 9.62 Å². The van der Waals surface area contributed by atoms with E-state index >= 15 is 0 Å². The van der Waals surface area contributed by atoms with Crippen LogP contribution >= 0.6 is 11.3 Å². The van der Waals surface area contributed by atoms with Gasteiger partial charge in [-0.1, -0.05) is 0 Å². The quantitative estimate of drug-likeness (QED) is 0.749. The van der Waals surface area contributed by atoms with Crippen LogP contribution in [-0.2, 0) is 10.0 Å². The zero-order chi connectivity index (χ0) is 14.8. The van der Waals surface area contributed by atoms with Crippen molar-refractivity contribution in [2.45, 2.75) is 11.8 Å². The molecule has 0 spiro atoms. The Hall–Kier alpha value is -0.960. The maximum atomic E-state index is 12.5. The Balaban J connectivity index is 2.16. The Morgan fingerprint density at radius 1 is 1.45 bits per heavy atom. The molecule has 0 unspecified atom stereocenters. The molecule has 1 aromatic rings. The van der Waals surface area contributed by atoms with E-state index in [1.807, 2.05) is 6.92 Å². The van der Waals surface area contributed by atoms with Crippen LogP contribution < -0.4 is 10.2 Å². The fourth-order valence-corrected chi connectivity index (χ4v) is 4.70. The second-order valence-corrected chi connectivity index (χ2v) is 7.72. The molecule has 8 heteroatoms. The van der Waals surface area contributed by atoms with Crippen molar-refractivity contribution in [3.05, 3.63) is 16.3 Å². The van der Waals surface area contributed by atoms with Gasteiger partial charge in [0.25, 0.3) is 5.91 Å². The SMILES string of the molecule is CCNC(=O)c1cc(S(=O)(=O)N2CC[NH+](C)CC2)cs1. The molecule has 0 aliphatic carbocycles. The number of rotatable bonds is 4. The van der Waals surface area contributed by atoms with Gasteiger partial charge < -0.3 is 10.2 Å². The molecule has 112 valence electrons. The number of hydrogen-bond donors (Lipinski definition) is 2. The van der Waals surface area contributed by atoms with Crippen LogP contribution in [0.3, 0.4) is 0 Å². The predicted octanol–water partition coefficient (Wildman–Crippen LogP) is -0.983. The van der Waals surface area contributed by atoms with Crippen molar-refractivity contribution in [3.63, 3.8) is 0 Å². The minimum absolute atomic E-state index is 0.221. The number of quaternary nitrogens is 1. The zero-order valence-electron chi connectivity index (χ0n) is 11.7. The molecule has 2 rings (SSSR count). The van der Waals surface area contributed by atoms with Gasteiger partial charge in [0.05, 0.1) is 43.0 Å². The molecule has 0 atom stereocenters. The highest BCUT2D eigenvalue weighted by molar-refractivity contribution is 7.89. The summed E-state index contributed by atoms with van der Waals surface area (Å²) in [6, 6.07) is 1.47. The maximum absolute atomic E-state index is 12.5. The average Bonchev–Trinajstić information content (AvgIpc) is 2.90. The van der Waals surface area contributed by atoms with E-state index in [0.717, 1.165) is 13.1 Å². The number of likely N-dealkylation sites (N-methyl/N-ethyl adjacent to an activating group) is 1. The summed E-state index contributed by atoms with van der Waals surface area (Å²) in [6.45, 7) is 5.04. The highest BCUT2D eigenvalue weighted by atomic mass is 32.2. The fraction of sp³-hybridized carbons (Fsp3) is 0.583. The summed E-state index contributed by atoms with van der Waals surface area (Å²) in [4.78, 5) is 13.7. The molecule has 1 saturated heterocycles. The molecule has 20 heavy (non-hydrogen) atoms. The second kappa shape index (κ2) is 6.21. The molecule has 1 aromatic heterocycles. The predicted molar refractivity (Wildman–Crippen MR) is 77.7 cm³/mol. The lowest BCUT2D eigenvalue weighted by atomic mass is 10.4. The van der Waals surface area contributed by atoms with Crippen LogP contribution in [0.4, 0.5) is 0 Å². The van der Waals surface area contributed by atoms with Crippen LogP contribution in [-0.4, -0.2) is 58.4 Å². The first kappa shape index (κ1) is 15.4. The Kier molecular flexibility index (Phi) is 4.79. The average molecular weight is 318 g/mol. The van der Waals surface area contributed by atoms with Gasteiger partial charge in [-0.05, 0) is 13.0 Å². The van der Waals surface area contributed by atoms with Crippen molar-refractivity contribution < 1.29 is 18.1 Å². The van der Waals surface area contributed by atoms with Crippen molar-refractivity contribution in [2.24, 2.45) is 0 Å². The minimum atomic E-state index is -3.46. The monoisotopic (exact) mass is 318 g/mol. The number of sulfonamides is 1. The van der Waals surface area contributed by atoms with Gasteiger partial charge in [0.1, 0.15) is 0 Å². The summed E-state index contributed by atoms with van der Waals surface area (Å²) in [6.07, 6.45) is 0. The Bertz CT molecular complexity index is 575. The number of thiophene rings is 1. The molecule has 2 heterocycles. The largest absolute Gasteiger partial charge is 0.352 e. The third-order valence-electron chi connectivity index (χ3n) is 3.35. The maximum Gasteiger partial charge on any atom is 0.261 e. The molecule has 0 saturated carbocycles. The number of carbonyl (C=O) groups is 1. The standard InChI is InChI=1S/C12H19N3O3S2/c1-3-13-12(16)11-8-10(9-19-11)20(17,18)15-6-4-14(2)5-7-15/h8-9H,3-7H2,1-2H3,(H,13,16)/p+1. The first-order valence-electron chi connectivity index (χ1n) is 6.63. The lowest BCUT2D eigenvalue weighted by molar-refractivity contribution is -0.883. The van der Waals surface area contributed by atoms with E-state index in [4.69, 9.17) is 0 Å². The molecule has 6 nitrogen and oxygen atoms in total. The first-order valence-corrected chi connectivity index (χ1v) is 8.95. The summed E-state index contributed by atoms with van der Waals surface area (Å²) in [7, 11) is -1.41. The molecule has 0 aromatic carbocycles. The van der Waals surface area contributed by atoms with Crippen LogP contribution in [0.25, 0.3) is 0 Å². The topological polar surface area (TPSA) is 70.9 Å². The number of amides is 1. The normalized spacial score (nSPS) is 18.1. The lowest BCUT2D eigenvalue weighted by Gasteiger charge is -2.28. The molecular formula is C12H20N3O3S2+. The number of nitrogens with zero attached hydrogens (tertiary/aromatic N) is 1. The highest BCUT2D eigenvalue weighted by Gasteiger charge is 2.30. The van der Waals surface area contributed by atoms with Gasteiger partial charge in [0.2, 0.25) is 10.0 Å². The van der Waals surface area contributed by atoms with Crippen LogP contribution in [0, 0.1) is 0 Å². The third kappa shape index (κ3) is 3.20. The first-order chi connectivity index (χ1) is 9.45. The molecule has 1 aliphatic rings. The van der Waals surface area contributed by atoms with Crippen molar-refractivity contribution >= 4 is 27.3 Å². The van der Waals surface area contributed by atoms with E-state index in [0.29, 0.717) is 24.5 Å². The summed E-state index contributed by atoms with van der Waals surface area (Å²) >= 11 is 1.17. The van der Waals surface area contributed by atoms with Gasteiger partial charge in [0, 0.05) is 11.9 Å². The molecule has 0 bridgehead atoms. The van der Waals surface area contributed by atoms with Gasteiger partial charge in [0.15, 0.2) is 0 Å². The molecule has 2 N–H and O–H groups in total. The minimum Gasteiger partial charge on any atom is -0.352 e. The number of piperazine rings is 1. The molecule has 1 amide bonds. The van der Waals surface area contributed by atoms with Crippen LogP contribution in [0.1, 0.15) is 16.6 Å². The van der Waals surface area contributed by atoms with E-state index in [1.54, 1.807) is 5.38 Å². The summed E-state index contributed by atoms with van der Waals surface area (Å²) < 4.78 is 26.5. The Morgan fingerprint density at radius 3 is 2.70 bits per heavy atom. The van der Waals surface area contributed by atoms with E-state index in [1.165, 1.54) is 26.6 Å². The van der Waals surface area contributed by atoms with Gasteiger partial charge in [-0.15, -0.1) is 11.3 Å². The lowest BCUT2D eigenvalue weighted by Crippen LogP contribution is -3.12. The summed E-state index contributed by atoms with van der Waals surface area (Å²) in [5.41, 5.74) is 0. The van der Waals surface area contributed by atoms with Gasteiger partial charge >= 0.3 is 0 Å².